The molecule has 3 N–H and O–H groups in total. The third kappa shape index (κ3) is 4.57. The number of aromatic nitrogens is 3. The van der Waals surface area contributed by atoms with Crippen LogP contribution in [0.2, 0.25) is 0 Å². The molecule has 2 amide bonds. The highest BCUT2D eigenvalue weighted by atomic mass is 32.2. The summed E-state index contributed by atoms with van der Waals surface area (Å²) in [6.07, 6.45) is 3.35. The van der Waals surface area contributed by atoms with E-state index < -0.39 is 11.2 Å². The molecule has 0 radical (unpaired) electrons. The molecule has 3 rings (SSSR count). The number of furan rings is 1. The van der Waals surface area contributed by atoms with Gasteiger partial charge in [-0.1, -0.05) is 17.8 Å². The van der Waals surface area contributed by atoms with Gasteiger partial charge in [-0.3, -0.25) is 14.2 Å². The number of benzene rings is 1. The SMILES string of the molecule is C=CCn1c(S[C@H](C)C(=O)Nc2ccc(C(N)=O)cc2)nnc1-c1ccoc1C. The van der Waals surface area contributed by atoms with E-state index in [9.17, 15) is 9.59 Å². The maximum Gasteiger partial charge on any atom is 0.248 e. The minimum absolute atomic E-state index is 0.198. The van der Waals surface area contributed by atoms with Crippen LogP contribution >= 0.6 is 11.8 Å². The van der Waals surface area contributed by atoms with Gasteiger partial charge in [0.2, 0.25) is 11.8 Å². The molecule has 1 atom stereocenters. The molecule has 0 spiro atoms. The molecule has 29 heavy (non-hydrogen) atoms. The Morgan fingerprint density at radius 2 is 2.03 bits per heavy atom. The fraction of sp³-hybridized carbons (Fsp3) is 0.200. The summed E-state index contributed by atoms with van der Waals surface area (Å²) in [5.41, 5.74) is 7.03. The number of rotatable bonds is 8. The summed E-state index contributed by atoms with van der Waals surface area (Å²) in [6.45, 7) is 7.93. The number of hydrogen-bond donors (Lipinski definition) is 2. The maximum absolute atomic E-state index is 12.6. The number of anilines is 1. The van der Waals surface area contributed by atoms with Crippen molar-refractivity contribution in [3.05, 3.63) is 60.6 Å². The Bertz CT molecular complexity index is 1040. The van der Waals surface area contributed by atoms with Gasteiger partial charge in [-0.15, -0.1) is 16.8 Å². The Hall–Kier alpha value is -3.33. The summed E-state index contributed by atoms with van der Waals surface area (Å²) >= 11 is 1.29. The lowest BCUT2D eigenvalue weighted by atomic mass is 10.2. The molecule has 2 aromatic heterocycles. The van der Waals surface area contributed by atoms with Gasteiger partial charge >= 0.3 is 0 Å². The molecule has 0 aliphatic heterocycles. The van der Waals surface area contributed by atoms with Crippen molar-refractivity contribution in [1.82, 2.24) is 14.8 Å². The van der Waals surface area contributed by atoms with E-state index in [4.69, 9.17) is 10.2 Å². The van der Waals surface area contributed by atoms with E-state index in [0.29, 0.717) is 28.8 Å². The number of carbonyl (C=O) groups is 2. The van der Waals surface area contributed by atoms with Gasteiger partial charge in [0.05, 0.1) is 17.1 Å². The second kappa shape index (κ2) is 8.78. The van der Waals surface area contributed by atoms with Crippen LogP contribution in [-0.2, 0) is 11.3 Å². The lowest BCUT2D eigenvalue weighted by Gasteiger charge is -2.13. The number of thioether (sulfide) groups is 1. The zero-order chi connectivity index (χ0) is 21.0. The molecule has 0 aliphatic carbocycles. The lowest BCUT2D eigenvalue weighted by Crippen LogP contribution is -2.23. The van der Waals surface area contributed by atoms with E-state index in [-0.39, 0.29) is 5.91 Å². The number of aryl methyl sites for hydroxylation is 1. The van der Waals surface area contributed by atoms with Gasteiger partial charge in [0.25, 0.3) is 0 Å². The van der Waals surface area contributed by atoms with Crippen molar-refractivity contribution in [1.29, 1.82) is 0 Å². The molecule has 0 saturated carbocycles. The van der Waals surface area contributed by atoms with Crippen molar-refractivity contribution in [3.8, 4) is 11.4 Å². The number of nitrogens with one attached hydrogen (secondary N) is 1. The van der Waals surface area contributed by atoms with Crippen molar-refractivity contribution in [2.24, 2.45) is 5.73 Å². The Morgan fingerprint density at radius 3 is 2.62 bits per heavy atom. The molecule has 0 fully saturated rings. The standard InChI is InChI=1S/C20H21N5O3S/c1-4-10-25-18(16-9-11-28-12(16)2)23-24-20(25)29-13(3)19(27)22-15-7-5-14(6-8-15)17(21)26/h4-9,11,13H,1,10H2,2-3H3,(H2,21,26)(H,22,27)/t13-/m1/s1. The predicted molar refractivity (Wildman–Crippen MR) is 112 cm³/mol. The van der Waals surface area contributed by atoms with Gasteiger partial charge in [0.15, 0.2) is 11.0 Å². The minimum atomic E-state index is -0.517. The van der Waals surface area contributed by atoms with E-state index in [0.717, 1.165) is 11.3 Å². The number of primary amides is 1. The average molecular weight is 411 g/mol. The second-order valence-electron chi connectivity index (χ2n) is 6.29. The summed E-state index contributed by atoms with van der Waals surface area (Å²) in [4.78, 5) is 23.7. The Kier molecular flexibility index (Phi) is 6.18. The Morgan fingerprint density at radius 1 is 1.31 bits per heavy atom. The highest BCUT2D eigenvalue weighted by Crippen LogP contribution is 2.29. The third-order valence-electron chi connectivity index (χ3n) is 4.22. The van der Waals surface area contributed by atoms with Crippen molar-refractivity contribution in [3.63, 3.8) is 0 Å². The van der Waals surface area contributed by atoms with Crippen molar-refractivity contribution in [2.45, 2.75) is 30.8 Å². The quantitative estimate of drug-likeness (QED) is 0.434. The summed E-state index contributed by atoms with van der Waals surface area (Å²) in [7, 11) is 0. The van der Waals surface area contributed by atoms with Crippen LogP contribution in [0.4, 0.5) is 5.69 Å². The highest BCUT2D eigenvalue weighted by molar-refractivity contribution is 8.00. The van der Waals surface area contributed by atoms with Crippen LogP contribution in [0.25, 0.3) is 11.4 Å². The van der Waals surface area contributed by atoms with Crippen LogP contribution in [-0.4, -0.2) is 31.8 Å². The largest absolute Gasteiger partial charge is 0.469 e. The molecular weight excluding hydrogens is 390 g/mol. The fourth-order valence-corrected chi connectivity index (χ4v) is 3.52. The molecular formula is C20H21N5O3S. The summed E-state index contributed by atoms with van der Waals surface area (Å²) < 4.78 is 7.25. The van der Waals surface area contributed by atoms with Crippen molar-refractivity contribution < 1.29 is 14.0 Å². The predicted octanol–water partition coefficient (Wildman–Crippen LogP) is 3.25. The van der Waals surface area contributed by atoms with Crippen molar-refractivity contribution >= 4 is 29.3 Å². The molecule has 0 unspecified atom stereocenters. The van der Waals surface area contributed by atoms with Crippen LogP contribution in [0.1, 0.15) is 23.0 Å². The van der Waals surface area contributed by atoms with Gasteiger partial charge in [-0.2, -0.15) is 0 Å². The van der Waals surface area contributed by atoms with E-state index >= 15 is 0 Å². The number of amides is 2. The van der Waals surface area contributed by atoms with Crippen LogP contribution in [0.15, 0.2) is 58.8 Å². The van der Waals surface area contributed by atoms with Gasteiger partial charge in [-0.25, -0.2) is 0 Å². The molecule has 0 aliphatic rings. The van der Waals surface area contributed by atoms with Gasteiger partial charge in [0, 0.05) is 17.8 Å². The minimum Gasteiger partial charge on any atom is -0.469 e. The Labute approximate surface area is 172 Å². The first kappa shape index (κ1) is 20.4. The summed E-state index contributed by atoms with van der Waals surface area (Å²) in [6, 6.07) is 8.23. The van der Waals surface area contributed by atoms with Crippen LogP contribution in [0.5, 0.6) is 0 Å². The number of carbonyl (C=O) groups excluding carboxylic acids is 2. The fourth-order valence-electron chi connectivity index (χ4n) is 2.66. The molecule has 150 valence electrons. The molecule has 8 nitrogen and oxygen atoms in total. The third-order valence-corrected chi connectivity index (χ3v) is 5.30. The van der Waals surface area contributed by atoms with Crippen LogP contribution < -0.4 is 11.1 Å². The van der Waals surface area contributed by atoms with Gasteiger partial charge < -0.3 is 15.5 Å². The lowest BCUT2D eigenvalue weighted by molar-refractivity contribution is -0.115. The average Bonchev–Trinajstić information content (AvgIpc) is 3.28. The zero-order valence-corrected chi connectivity index (χ0v) is 16.9. The second-order valence-corrected chi connectivity index (χ2v) is 7.59. The van der Waals surface area contributed by atoms with Crippen molar-refractivity contribution in [2.75, 3.05) is 5.32 Å². The first-order valence-electron chi connectivity index (χ1n) is 8.86. The number of hydrogen-bond acceptors (Lipinski definition) is 6. The van der Waals surface area contributed by atoms with E-state index in [2.05, 4.69) is 22.1 Å². The molecule has 0 bridgehead atoms. The number of allylic oxidation sites excluding steroid dienone is 1. The van der Waals surface area contributed by atoms with E-state index in [1.807, 2.05) is 17.6 Å². The first-order chi connectivity index (χ1) is 13.9. The molecule has 2 heterocycles. The summed E-state index contributed by atoms with van der Waals surface area (Å²) in [5.74, 6) is 0.686. The van der Waals surface area contributed by atoms with E-state index in [1.165, 1.54) is 11.8 Å². The number of nitrogens with two attached hydrogens (primary N) is 1. The monoisotopic (exact) mass is 411 g/mol. The topological polar surface area (TPSA) is 116 Å². The maximum atomic E-state index is 12.6. The van der Waals surface area contributed by atoms with Crippen LogP contribution in [0.3, 0.4) is 0 Å². The molecule has 3 aromatic rings. The zero-order valence-electron chi connectivity index (χ0n) is 16.1. The molecule has 0 saturated heterocycles. The smallest absolute Gasteiger partial charge is 0.248 e. The van der Waals surface area contributed by atoms with Crippen LogP contribution in [0, 0.1) is 6.92 Å². The van der Waals surface area contributed by atoms with E-state index in [1.54, 1.807) is 43.5 Å². The first-order valence-corrected chi connectivity index (χ1v) is 9.74. The molecule has 9 heteroatoms. The Balaban J connectivity index is 1.74. The highest BCUT2D eigenvalue weighted by Gasteiger charge is 2.22. The van der Waals surface area contributed by atoms with Gasteiger partial charge in [0.1, 0.15) is 5.76 Å². The van der Waals surface area contributed by atoms with Gasteiger partial charge in [-0.05, 0) is 44.2 Å². The molecule has 1 aromatic carbocycles. The number of nitrogens with zero attached hydrogens (tertiary/aromatic N) is 3. The summed E-state index contributed by atoms with van der Waals surface area (Å²) in [5, 5.41) is 11.5. The normalized spacial score (nSPS) is 11.8.